The number of likely N-dealkylation sites (N-methyl/N-ethyl adjacent to an activating group) is 1. The van der Waals surface area contributed by atoms with Gasteiger partial charge in [0.1, 0.15) is 5.88 Å². The van der Waals surface area contributed by atoms with Crippen LogP contribution in [0.3, 0.4) is 0 Å². The molecule has 0 aromatic carbocycles. The highest BCUT2D eigenvalue weighted by molar-refractivity contribution is 6.27. The number of amides is 1. The largest absolute Gasteiger partial charge is 0.351 e. The molecule has 0 saturated carbocycles. The summed E-state index contributed by atoms with van der Waals surface area (Å²) in [6.45, 7) is 5.84. The Morgan fingerprint density at radius 1 is 1.47 bits per heavy atom. The first-order chi connectivity index (χ1) is 8.21. The van der Waals surface area contributed by atoms with Crippen molar-refractivity contribution >= 4 is 17.5 Å². The molecule has 5 heteroatoms. The number of hydrogen-bond acceptors (Lipinski definition) is 3. The maximum absolute atomic E-state index is 11.5. The molecule has 0 N–H and O–H groups in total. The van der Waals surface area contributed by atoms with Crippen LogP contribution in [0.4, 0.5) is 0 Å². The minimum atomic E-state index is -0.311. The Labute approximate surface area is 108 Å². The topological polar surface area (TPSA) is 38.8 Å². The molecule has 0 bridgehead atoms. The third-order valence-electron chi connectivity index (χ3n) is 2.99. The first-order valence-corrected chi connectivity index (χ1v) is 6.85. The number of halogens is 1. The van der Waals surface area contributed by atoms with Crippen LogP contribution >= 0.6 is 11.6 Å². The second-order valence-electron chi connectivity index (χ2n) is 4.17. The maximum atomic E-state index is 11.5. The molecule has 100 valence electrons. The SMILES string of the molecule is CCC1CCCOC(CN(CC)C(=O)CCl)O1. The highest BCUT2D eigenvalue weighted by Crippen LogP contribution is 2.16. The fourth-order valence-corrected chi connectivity index (χ4v) is 2.08. The molecule has 1 saturated heterocycles. The fraction of sp³-hybridized carbons (Fsp3) is 0.917. The van der Waals surface area contributed by atoms with Crippen molar-refractivity contribution in [2.45, 2.75) is 45.5 Å². The smallest absolute Gasteiger partial charge is 0.237 e. The van der Waals surface area contributed by atoms with Gasteiger partial charge >= 0.3 is 0 Å². The average Bonchev–Trinajstić information content (AvgIpc) is 2.59. The summed E-state index contributed by atoms with van der Waals surface area (Å²) < 4.78 is 11.4. The van der Waals surface area contributed by atoms with Crippen molar-refractivity contribution < 1.29 is 14.3 Å². The highest BCUT2D eigenvalue weighted by Gasteiger charge is 2.23. The monoisotopic (exact) mass is 263 g/mol. The molecule has 1 amide bonds. The molecule has 0 aromatic rings. The van der Waals surface area contributed by atoms with Gasteiger partial charge in [-0.05, 0) is 26.2 Å². The molecular weight excluding hydrogens is 242 g/mol. The van der Waals surface area contributed by atoms with Crippen LogP contribution in [0.2, 0.25) is 0 Å². The first-order valence-electron chi connectivity index (χ1n) is 6.32. The van der Waals surface area contributed by atoms with Gasteiger partial charge in [0, 0.05) is 13.2 Å². The van der Waals surface area contributed by atoms with Gasteiger partial charge in [0.05, 0.1) is 12.6 Å². The van der Waals surface area contributed by atoms with Crippen molar-refractivity contribution in [1.82, 2.24) is 4.90 Å². The molecule has 1 fully saturated rings. The average molecular weight is 264 g/mol. The van der Waals surface area contributed by atoms with Gasteiger partial charge in [-0.2, -0.15) is 0 Å². The highest BCUT2D eigenvalue weighted by atomic mass is 35.5. The van der Waals surface area contributed by atoms with Crippen LogP contribution in [0, 0.1) is 0 Å². The standard InChI is InChI=1S/C12H22ClNO3/c1-3-10-6-5-7-16-12(17-10)9-14(4-2)11(15)8-13/h10,12H,3-9H2,1-2H3. The van der Waals surface area contributed by atoms with Crippen molar-refractivity contribution in [2.75, 3.05) is 25.6 Å². The minimum Gasteiger partial charge on any atom is -0.351 e. The quantitative estimate of drug-likeness (QED) is 0.713. The normalized spacial score (nSPS) is 25.4. The molecule has 1 rings (SSSR count). The zero-order chi connectivity index (χ0) is 12.7. The van der Waals surface area contributed by atoms with Crippen molar-refractivity contribution in [3.63, 3.8) is 0 Å². The van der Waals surface area contributed by atoms with Crippen molar-refractivity contribution in [1.29, 1.82) is 0 Å². The Kier molecular flexibility index (Phi) is 6.85. The number of carbonyl (C=O) groups excluding carboxylic acids is 1. The molecule has 17 heavy (non-hydrogen) atoms. The number of hydrogen-bond donors (Lipinski definition) is 0. The number of rotatable bonds is 5. The Hall–Kier alpha value is -0.320. The molecule has 1 aliphatic rings. The van der Waals surface area contributed by atoms with Crippen molar-refractivity contribution in [3.8, 4) is 0 Å². The summed E-state index contributed by atoms with van der Waals surface area (Å²) >= 11 is 5.56. The summed E-state index contributed by atoms with van der Waals surface area (Å²) in [6.07, 6.45) is 2.96. The Bertz CT molecular complexity index is 238. The van der Waals surface area contributed by atoms with E-state index in [1.165, 1.54) is 0 Å². The number of nitrogens with zero attached hydrogens (tertiary/aromatic N) is 1. The predicted octanol–water partition coefficient (Wildman–Crippen LogP) is 2.01. The van der Waals surface area contributed by atoms with Gasteiger partial charge in [-0.25, -0.2) is 0 Å². The second kappa shape index (κ2) is 7.90. The summed E-state index contributed by atoms with van der Waals surface area (Å²) in [5.74, 6) is -0.0590. The van der Waals surface area contributed by atoms with Gasteiger partial charge in [0.25, 0.3) is 0 Å². The van der Waals surface area contributed by atoms with E-state index in [0.29, 0.717) is 19.7 Å². The Balaban J connectivity index is 2.49. The van der Waals surface area contributed by atoms with Crippen LogP contribution in [0.1, 0.15) is 33.1 Å². The summed E-state index contributed by atoms with van der Waals surface area (Å²) in [6, 6.07) is 0. The third kappa shape index (κ3) is 4.82. The Morgan fingerprint density at radius 3 is 2.82 bits per heavy atom. The lowest BCUT2D eigenvalue weighted by Crippen LogP contribution is -2.40. The molecule has 0 aliphatic carbocycles. The number of carbonyl (C=O) groups is 1. The van der Waals surface area contributed by atoms with E-state index in [0.717, 1.165) is 19.3 Å². The lowest BCUT2D eigenvalue weighted by molar-refractivity contribution is -0.168. The lowest BCUT2D eigenvalue weighted by Gasteiger charge is -2.27. The second-order valence-corrected chi connectivity index (χ2v) is 4.44. The minimum absolute atomic E-state index is 0.0117. The molecule has 2 atom stereocenters. The molecule has 0 radical (unpaired) electrons. The van der Waals surface area contributed by atoms with Crippen LogP contribution in [0.5, 0.6) is 0 Å². The van der Waals surface area contributed by atoms with Gasteiger partial charge < -0.3 is 14.4 Å². The summed E-state index contributed by atoms with van der Waals surface area (Å²) in [4.78, 5) is 13.2. The van der Waals surface area contributed by atoms with Crippen LogP contribution in [-0.2, 0) is 14.3 Å². The molecule has 4 nitrogen and oxygen atoms in total. The van der Waals surface area contributed by atoms with E-state index < -0.39 is 0 Å². The maximum Gasteiger partial charge on any atom is 0.237 e. The molecule has 1 heterocycles. The summed E-state index contributed by atoms with van der Waals surface area (Å²) in [5, 5.41) is 0. The first kappa shape index (κ1) is 14.7. The molecule has 1 aliphatic heterocycles. The van der Waals surface area contributed by atoms with E-state index in [1.807, 2.05) is 6.92 Å². The van der Waals surface area contributed by atoms with Gasteiger partial charge in [-0.1, -0.05) is 6.92 Å². The van der Waals surface area contributed by atoms with Gasteiger partial charge in [0.2, 0.25) is 5.91 Å². The Morgan fingerprint density at radius 2 is 2.24 bits per heavy atom. The molecule has 0 spiro atoms. The summed E-state index contributed by atoms with van der Waals surface area (Å²) in [5.41, 5.74) is 0. The van der Waals surface area contributed by atoms with Crippen LogP contribution < -0.4 is 0 Å². The van der Waals surface area contributed by atoms with Crippen LogP contribution in [0.25, 0.3) is 0 Å². The van der Waals surface area contributed by atoms with Gasteiger partial charge in [-0.15, -0.1) is 11.6 Å². The summed E-state index contributed by atoms with van der Waals surface area (Å²) in [7, 11) is 0. The van der Waals surface area contributed by atoms with Crippen molar-refractivity contribution in [2.24, 2.45) is 0 Å². The molecule has 0 aromatic heterocycles. The molecular formula is C12H22ClNO3. The van der Waals surface area contributed by atoms with Crippen LogP contribution in [-0.4, -0.2) is 48.8 Å². The fourth-order valence-electron chi connectivity index (χ4n) is 1.92. The zero-order valence-corrected chi connectivity index (χ0v) is 11.4. The third-order valence-corrected chi connectivity index (χ3v) is 3.22. The number of ether oxygens (including phenoxy) is 2. The van der Waals surface area contributed by atoms with E-state index >= 15 is 0 Å². The van der Waals surface area contributed by atoms with Crippen LogP contribution in [0.15, 0.2) is 0 Å². The van der Waals surface area contributed by atoms with Crippen molar-refractivity contribution in [3.05, 3.63) is 0 Å². The van der Waals surface area contributed by atoms with E-state index in [2.05, 4.69) is 6.92 Å². The van der Waals surface area contributed by atoms with E-state index in [-0.39, 0.29) is 24.2 Å². The van der Waals surface area contributed by atoms with E-state index in [4.69, 9.17) is 21.1 Å². The zero-order valence-electron chi connectivity index (χ0n) is 10.7. The van der Waals surface area contributed by atoms with Gasteiger partial charge in [-0.3, -0.25) is 4.79 Å². The van der Waals surface area contributed by atoms with E-state index in [9.17, 15) is 4.79 Å². The predicted molar refractivity (Wildman–Crippen MR) is 67.1 cm³/mol. The van der Waals surface area contributed by atoms with Gasteiger partial charge in [0.15, 0.2) is 6.29 Å². The lowest BCUT2D eigenvalue weighted by atomic mass is 10.1. The molecule has 2 unspecified atom stereocenters. The number of alkyl halides is 1. The van der Waals surface area contributed by atoms with E-state index in [1.54, 1.807) is 4.90 Å².